The van der Waals surface area contributed by atoms with E-state index in [1.807, 2.05) is 18.2 Å². The van der Waals surface area contributed by atoms with Crippen molar-refractivity contribution in [2.24, 2.45) is 0 Å². The van der Waals surface area contributed by atoms with Crippen LogP contribution in [0.5, 0.6) is 11.5 Å². The standard InChI is InChI=1S/C19H17ClN4O3/c1-26-12-7-8-15(17(9-12)27-2)24-19(25)16-10-22-18(11-21-16)23-14-6-4-3-5-13(14)20/h3-11H,1-2H3,(H,22,23)(H,24,25). The van der Waals surface area contributed by atoms with Crippen molar-refractivity contribution in [1.29, 1.82) is 0 Å². The summed E-state index contributed by atoms with van der Waals surface area (Å²) in [5, 5.41) is 6.35. The minimum absolute atomic E-state index is 0.164. The van der Waals surface area contributed by atoms with Gasteiger partial charge in [0.05, 0.1) is 43.0 Å². The van der Waals surface area contributed by atoms with E-state index in [0.29, 0.717) is 33.7 Å². The third-order valence-corrected chi connectivity index (χ3v) is 4.01. The first-order valence-corrected chi connectivity index (χ1v) is 8.35. The summed E-state index contributed by atoms with van der Waals surface area (Å²) in [6, 6.07) is 12.4. The largest absolute Gasteiger partial charge is 0.497 e. The summed E-state index contributed by atoms with van der Waals surface area (Å²) < 4.78 is 10.4. The number of anilines is 3. The first kappa shape index (κ1) is 18.5. The normalized spacial score (nSPS) is 10.2. The van der Waals surface area contributed by atoms with Crippen LogP contribution in [-0.2, 0) is 0 Å². The Bertz CT molecular complexity index is 948. The highest BCUT2D eigenvalue weighted by molar-refractivity contribution is 6.33. The molecule has 3 aromatic rings. The number of hydrogen-bond donors (Lipinski definition) is 2. The molecular weight excluding hydrogens is 368 g/mol. The van der Waals surface area contributed by atoms with E-state index in [4.69, 9.17) is 21.1 Å². The third-order valence-electron chi connectivity index (χ3n) is 3.68. The van der Waals surface area contributed by atoms with Gasteiger partial charge in [0.15, 0.2) is 0 Å². The van der Waals surface area contributed by atoms with Gasteiger partial charge in [0.25, 0.3) is 5.91 Å². The fourth-order valence-electron chi connectivity index (χ4n) is 2.30. The van der Waals surface area contributed by atoms with Gasteiger partial charge in [0.2, 0.25) is 0 Å². The van der Waals surface area contributed by atoms with Gasteiger partial charge < -0.3 is 20.1 Å². The van der Waals surface area contributed by atoms with Gasteiger partial charge in [0.1, 0.15) is 23.0 Å². The number of nitrogens with zero attached hydrogens (tertiary/aromatic N) is 2. The van der Waals surface area contributed by atoms with E-state index in [2.05, 4.69) is 20.6 Å². The Kier molecular flexibility index (Phi) is 5.73. The molecule has 2 N–H and O–H groups in total. The topological polar surface area (TPSA) is 85.4 Å². The second-order valence-electron chi connectivity index (χ2n) is 5.41. The summed E-state index contributed by atoms with van der Waals surface area (Å²) in [6.45, 7) is 0. The molecule has 138 valence electrons. The number of carbonyl (C=O) groups is 1. The van der Waals surface area contributed by atoms with Gasteiger partial charge in [-0.05, 0) is 24.3 Å². The van der Waals surface area contributed by atoms with E-state index in [1.54, 1.807) is 31.4 Å². The number of halogens is 1. The highest BCUT2D eigenvalue weighted by Gasteiger charge is 2.13. The Morgan fingerprint density at radius 3 is 2.48 bits per heavy atom. The summed E-state index contributed by atoms with van der Waals surface area (Å²) in [6.07, 6.45) is 2.84. The van der Waals surface area contributed by atoms with Crippen LogP contribution in [0.4, 0.5) is 17.2 Å². The van der Waals surface area contributed by atoms with Crippen LogP contribution in [0.3, 0.4) is 0 Å². The van der Waals surface area contributed by atoms with E-state index >= 15 is 0 Å². The first-order valence-electron chi connectivity index (χ1n) is 7.97. The Morgan fingerprint density at radius 2 is 1.81 bits per heavy atom. The SMILES string of the molecule is COc1ccc(NC(=O)c2cnc(Nc3ccccc3Cl)cn2)c(OC)c1. The number of para-hydroxylation sites is 1. The number of ether oxygens (including phenoxy) is 2. The Balaban J connectivity index is 1.72. The summed E-state index contributed by atoms with van der Waals surface area (Å²) in [4.78, 5) is 20.8. The molecule has 0 aliphatic rings. The Labute approximate surface area is 161 Å². The fraction of sp³-hybridized carbons (Fsp3) is 0.105. The Morgan fingerprint density at radius 1 is 1.00 bits per heavy atom. The fourth-order valence-corrected chi connectivity index (χ4v) is 2.48. The van der Waals surface area contributed by atoms with Crippen molar-refractivity contribution in [3.63, 3.8) is 0 Å². The molecule has 0 aliphatic heterocycles. The molecule has 8 heteroatoms. The van der Waals surface area contributed by atoms with E-state index < -0.39 is 5.91 Å². The van der Waals surface area contributed by atoms with Crippen LogP contribution in [0.1, 0.15) is 10.5 Å². The van der Waals surface area contributed by atoms with Gasteiger partial charge in [-0.1, -0.05) is 23.7 Å². The molecule has 1 amide bonds. The van der Waals surface area contributed by atoms with Gasteiger partial charge in [-0.25, -0.2) is 9.97 Å². The molecule has 7 nitrogen and oxygen atoms in total. The lowest BCUT2D eigenvalue weighted by atomic mass is 10.2. The number of carbonyl (C=O) groups excluding carboxylic acids is 1. The third kappa shape index (κ3) is 4.45. The number of nitrogens with one attached hydrogen (secondary N) is 2. The molecule has 0 spiro atoms. The Hall–Kier alpha value is -3.32. The molecule has 0 aliphatic carbocycles. The first-order chi connectivity index (χ1) is 13.1. The van der Waals surface area contributed by atoms with Gasteiger partial charge in [-0.15, -0.1) is 0 Å². The zero-order valence-electron chi connectivity index (χ0n) is 14.7. The van der Waals surface area contributed by atoms with Crippen LogP contribution in [0.25, 0.3) is 0 Å². The van der Waals surface area contributed by atoms with Crippen LogP contribution in [0, 0.1) is 0 Å². The number of aromatic nitrogens is 2. The maximum absolute atomic E-state index is 12.4. The van der Waals surface area contributed by atoms with E-state index in [1.165, 1.54) is 19.5 Å². The summed E-state index contributed by atoms with van der Waals surface area (Å²) in [7, 11) is 3.07. The molecule has 0 bridgehead atoms. The molecule has 0 saturated heterocycles. The van der Waals surface area contributed by atoms with Crippen molar-refractivity contribution in [3.05, 3.63) is 65.6 Å². The van der Waals surface area contributed by atoms with Crippen LogP contribution in [0.15, 0.2) is 54.9 Å². The predicted molar refractivity (Wildman–Crippen MR) is 104 cm³/mol. The molecule has 0 fully saturated rings. The number of rotatable bonds is 6. The quantitative estimate of drug-likeness (QED) is 0.664. The summed E-state index contributed by atoms with van der Waals surface area (Å²) >= 11 is 6.10. The van der Waals surface area contributed by atoms with E-state index in [9.17, 15) is 4.79 Å². The van der Waals surface area contributed by atoms with Gasteiger partial charge >= 0.3 is 0 Å². The molecular formula is C19H17ClN4O3. The average molecular weight is 385 g/mol. The number of amides is 1. The predicted octanol–water partition coefficient (Wildman–Crippen LogP) is 4.14. The smallest absolute Gasteiger partial charge is 0.275 e. The highest BCUT2D eigenvalue weighted by Crippen LogP contribution is 2.29. The molecule has 0 radical (unpaired) electrons. The van der Waals surface area contributed by atoms with Crippen molar-refractivity contribution in [3.8, 4) is 11.5 Å². The lowest BCUT2D eigenvalue weighted by molar-refractivity contribution is 0.102. The van der Waals surface area contributed by atoms with E-state index in [-0.39, 0.29) is 5.69 Å². The van der Waals surface area contributed by atoms with Crippen molar-refractivity contribution >= 4 is 34.7 Å². The van der Waals surface area contributed by atoms with Crippen molar-refractivity contribution < 1.29 is 14.3 Å². The second-order valence-corrected chi connectivity index (χ2v) is 5.82. The van der Waals surface area contributed by atoms with Crippen LogP contribution >= 0.6 is 11.6 Å². The van der Waals surface area contributed by atoms with Crippen molar-refractivity contribution in [2.45, 2.75) is 0 Å². The lowest BCUT2D eigenvalue weighted by Gasteiger charge is -2.11. The van der Waals surface area contributed by atoms with Gasteiger partial charge in [-0.3, -0.25) is 4.79 Å². The monoisotopic (exact) mass is 384 g/mol. The minimum atomic E-state index is -0.407. The second kappa shape index (κ2) is 8.37. The molecule has 0 saturated carbocycles. The molecule has 27 heavy (non-hydrogen) atoms. The van der Waals surface area contributed by atoms with Crippen LogP contribution < -0.4 is 20.1 Å². The number of hydrogen-bond acceptors (Lipinski definition) is 6. The summed E-state index contributed by atoms with van der Waals surface area (Å²) in [5.41, 5.74) is 1.37. The van der Waals surface area contributed by atoms with Gasteiger partial charge in [-0.2, -0.15) is 0 Å². The number of benzene rings is 2. The van der Waals surface area contributed by atoms with Gasteiger partial charge in [0, 0.05) is 6.07 Å². The maximum atomic E-state index is 12.4. The average Bonchev–Trinajstić information content (AvgIpc) is 2.70. The molecule has 1 aromatic heterocycles. The van der Waals surface area contributed by atoms with Crippen LogP contribution in [-0.4, -0.2) is 30.1 Å². The van der Waals surface area contributed by atoms with E-state index in [0.717, 1.165) is 0 Å². The van der Waals surface area contributed by atoms with Crippen LogP contribution in [0.2, 0.25) is 5.02 Å². The summed E-state index contributed by atoms with van der Waals surface area (Å²) in [5.74, 6) is 1.17. The zero-order valence-corrected chi connectivity index (χ0v) is 15.4. The molecule has 1 heterocycles. The molecule has 0 unspecified atom stereocenters. The zero-order chi connectivity index (χ0) is 19.2. The van der Waals surface area contributed by atoms with Crippen molar-refractivity contribution in [1.82, 2.24) is 9.97 Å². The number of methoxy groups -OCH3 is 2. The molecule has 2 aromatic carbocycles. The highest BCUT2D eigenvalue weighted by atomic mass is 35.5. The minimum Gasteiger partial charge on any atom is -0.497 e. The van der Waals surface area contributed by atoms with Crippen molar-refractivity contribution in [2.75, 3.05) is 24.9 Å². The lowest BCUT2D eigenvalue weighted by Crippen LogP contribution is -2.15. The maximum Gasteiger partial charge on any atom is 0.275 e. The molecule has 0 atom stereocenters. The molecule has 3 rings (SSSR count).